The summed E-state index contributed by atoms with van der Waals surface area (Å²) in [7, 11) is 0. The highest BCUT2D eigenvalue weighted by atomic mass is 16.8. The molecule has 4 unspecified atom stereocenters. The van der Waals surface area contributed by atoms with Gasteiger partial charge in [-0.3, -0.25) is 0 Å². The van der Waals surface area contributed by atoms with Crippen LogP contribution in [0.25, 0.3) is 0 Å². The molecule has 11 nitrogen and oxygen atoms in total. The van der Waals surface area contributed by atoms with Crippen molar-refractivity contribution in [1.29, 1.82) is 0 Å². The van der Waals surface area contributed by atoms with Gasteiger partial charge in [-0.1, -0.05) is 43.2 Å². The van der Waals surface area contributed by atoms with Gasteiger partial charge in [0.25, 0.3) is 0 Å². The van der Waals surface area contributed by atoms with Crippen LogP contribution in [0.15, 0.2) is 30.3 Å². The summed E-state index contributed by atoms with van der Waals surface area (Å²) in [6, 6.07) is 9.53. The summed E-state index contributed by atoms with van der Waals surface area (Å²) in [6.07, 6.45) is 6.22. The molecule has 1 aromatic carbocycles. The van der Waals surface area contributed by atoms with Crippen molar-refractivity contribution in [3.05, 3.63) is 35.9 Å². The van der Waals surface area contributed by atoms with Gasteiger partial charge in [0.2, 0.25) is 0 Å². The second-order valence-corrected chi connectivity index (χ2v) is 12.1. The lowest BCUT2D eigenvalue weighted by molar-refractivity contribution is -0.228. The van der Waals surface area contributed by atoms with Crippen molar-refractivity contribution >= 4 is 12.1 Å². The summed E-state index contributed by atoms with van der Waals surface area (Å²) in [5.41, 5.74) is 0.923. The Bertz CT molecular complexity index is 1020. The van der Waals surface area contributed by atoms with E-state index in [0.717, 1.165) is 69.8 Å². The number of ether oxygens (including phenoxy) is 7. The van der Waals surface area contributed by atoms with E-state index in [1.165, 1.54) is 0 Å². The number of hydrogen-bond donors (Lipinski definition) is 2. The lowest BCUT2D eigenvalue weighted by Crippen LogP contribution is -2.63. The predicted octanol–water partition coefficient (Wildman–Crippen LogP) is 4.06. The molecule has 6 rings (SSSR count). The van der Waals surface area contributed by atoms with E-state index in [1.54, 1.807) is 0 Å². The number of carboxylic acid groups (broad SMARTS) is 1. The highest BCUT2D eigenvalue weighted by Crippen LogP contribution is 2.52. The summed E-state index contributed by atoms with van der Waals surface area (Å²) in [5, 5.41) is 12.2. The molecular weight excluding hydrogens is 546 g/mol. The van der Waals surface area contributed by atoms with Crippen molar-refractivity contribution in [2.75, 3.05) is 19.8 Å². The lowest BCUT2D eigenvalue weighted by Gasteiger charge is -2.42. The van der Waals surface area contributed by atoms with E-state index < -0.39 is 66.9 Å². The molecule has 0 radical (unpaired) electrons. The minimum absolute atomic E-state index is 0.209. The van der Waals surface area contributed by atoms with Crippen LogP contribution in [-0.2, 0) is 44.6 Å². The average molecular weight is 590 g/mol. The molecule has 5 fully saturated rings. The van der Waals surface area contributed by atoms with Crippen LogP contribution >= 0.6 is 0 Å². The van der Waals surface area contributed by atoms with Crippen LogP contribution in [-0.4, -0.2) is 85.1 Å². The van der Waals surface area contributed by atoms with Crippen molar-refractivity contribution in [2.45, 2.75) is 125 Å². The standard InChI is InChI=1S/C31H43NO10/c33-22(34)20-37-24-27-25(39-30(41-27)13-6-2-7-14-30)23(26-28(24)42-31(40-26)15-8-3-9-16-31)36-18-10-17-32-29(35)38-19-21-11-4-1-5-12-21/h1,4-5,11-12,23-28H,2-3,6-10,13-20H2,(H,32,35)(H,33,34). The zero-order chi connectivity index (χ0) is 29.0. The molecule has 2 heterocycles. The summed E-state index contributed by atoms with van der Waals surface area (Å²) < 4.78 is 44.5. The third-order valence-corrected chi connectivity index (χ3v) is 9.09. The second kappa shape index (κ2) is 13.2. The Morgan fingerprint density at radius 1 is 0.786 bits per heavy atom. The smallest absolute Gasteiger partial charge is 0.407 e. The number of fused-ring (bicyclic) bond motifs is 2. The third kappa shape index (κ3) is 6.61. The maximum Gasteiger partial charge on any atom is 0.407 e. The molecule has 3 saturated carbocycles. The van der Waals surface area contributed by atoms with Gasteiger partial charge >= 0.3 is 12.1 Å². The quantitative estimate of drug-likeness (QED) is 0.385. The summed E-state index contributed by atoms with van der Waals surface area (Å²) in [5.74, 6) is -2.51. The van der Waals surface area contributed by atoms with Crippen LogP contribution in [0, 0.1) is 0 Å². The Hall–Kier alpha value is -2.28. The van der Waals surface area contributed by atoms with Crippen molar-refractivity contribution in [3.8, 4) is 0 Å². The molecule has 2 aliphatic heterocycles. The van der Waals surface area contributed by atoms with Crippen LogP contribution in [0.3, 0.4) is 0 Å². The topological polar surface area (TPSA) is 131 Å². The molecule has 2 saturated heterocycles. The first-order valence-corrected chi connectivity index (χ1v) is 15.6. The number of amides is 1. The zero-order valence-electron chi connectivity index (χ0n) is 24.1. The minimum atomic E-state index is -1.05. The van der Waals surface area contributed by atoms with E-state index in [0.29, 0.717) is 19.6 Å². The highest BCUT2D eigenvalue weighted by molar-refractivity contribution is 5.68. The largest absolute Gasteiger partial charge is 0.480 e. The fourth-order valence-electron chi connectivity index (χ4n) is 7.16. The van der Waals surface area contributed by atoms with Gasteiger partial charge in [0.05, 0.1) is 0 Å². The number of carboxylic acids is 1. The lowest BCUT2D eigenvalue weighted by atomic mass is 9.84. The zero-order valence-corrected chi connectivity index (χ0v) is 24.1. The Morgan fingerprint density at radius 3 is 1.83 bits per heavy atom. The molecule has 0 bridgehead atoms. The van der Waals surface area contributed by atoms with Gasteiger partial charge in [-0.15, -0.1) is 0 Å². The second-order valence-electron chi connectivity index (χ2n) is 12.1. The summed E-state index contributed by atoms with van der Waals surface area (Å²) in [6.45, 7) is 0.487. The molecule has 0 aromatic heterocycles. The number of carbonyl (C=O) groups excluding carboxylic acids is 1. The van der Waals surface area contributed by atoms with Gasteiger partial charge in [-0.05, 0) is 37.7 Å². The van der Waals surface area contributed by atoms with E-state index in [9.17, 15) is 14.7 Å². The van der Waals surface area contributed by atoms with Crippen molar-refractivity contribution in [2.24, 2.45) is 0 Å². The fraction of sp³-hybridized carbons (Fsp3) is 0.742. The van der Waals surface area contributed by atoms with Crippen LogP contribution in [0.2, 0.25) is 0 Å². The van der Waals surface area contributed by atoms with E-state index in [1.807, 2.05) is 30.3 Å². The Kier molecular flexibility index (Phi) is 9.32. The number of hydrogen-bond acceptors (Lipinski definition) is 9. The summed E-state index contributed by atoms with van der Waals surface area (Å²) >= 11 is 0. The predicted molar refractivity (Wildman–Crippen MR) is 147 cm³/mol. The maximum atomic E-state index is 12.2. The number of benzene rings is 1. The van der Waals surface area contributed by atoms with Gasteiger partial charge < -0.3 is 43.6 Å². The van der Waals surface area contributed by atoms with Gasteiger partial charge in [-0.2, -0.15) is 0 Å². The molecule has 1 aromatic rings. The molecule has 1 amide bonds. The molecule has 4 atom stereocenters. The number of carbonyl (C=O) groups is 2. The summed E-state index contributed by atoms with van der Waals surface area (Å²) in [4.78, 5) is 23.7. The fourth-order valence-corrected chi connectivity index (χ4v) is 7.16. The molecular formula is C31H43NO10. The molecule has 42 heavy (non-hydrogen) atoms. The molecule has 5 aliphatic rings. The van der Waals surface area contributed by atoms with E-state index >= 15 is 0 Å². The average Bonchev–Trinajstić information content (AvgIpc) is 3.54. The molecule has 3 aliphatic carbocycles. The first-order chi connectivity index (χ1) is 20.5. The Labute approximate surface area is 246 Å². The Balaban J connectivity index is 1.11. The third-order valence-electron chi connectivity index (χ3n) is 9.09. The normalized spacial score (nSPS) is 32.8. The first-order valence-electron chi connectivity index (χ1n) is 15.6. The number of alkyl carbamates (subject to hydrolysis) is 1. The van der Waals surface area contributed by atoms with Gasteiger partial charge in [0.1, 0.15) is 49.8 Å². The van der Waals surface area contributed by atoms with Crippen LogP contribution < -0.4 is 5.32 Å². The Morgan fingerprint density at radius 2 is 1.31 bits per heavy atom. The first kappa shape index (κ1) is 29.8. The van der Waals surface area contributed by atoms with E-state index in [4.69, 9.17) is 33.2 Å². The van der Waals surface area contributed by atoms with Gasteiger partial charge in [0.15, 0.2) is 11.6 Å². The SMILES string of the molecule is O=C(O)COC1C2OC3(CCCCC3)OC2C(OCCCNC(=O)OCc2ccccc2)C2OC3(CCCCC3)OC12. The highest BCUT2D eigenvalue weighted by Gasteiger charge is 2.66. The number of aliphatic carboxylic acids is 1. The van der Waals surface area contributed by atoms with E-state index in [-0.39, 0.29) is 6.61 Å². The van der Waals surface area contributed by atoms with E-state index in [2.05, 4.69) is 5.32 Å². The monoisotopic (exact) mass is 589 g/mol. The molecule has 2 N–H and O–H groups in total. The van der Waals surface area contributed by atoms with Crippen molar-refractivity contribution in [3.63, 3.8) is 0 Å². The molecule has 2 spiro atoms. The van der Waals surface area contributed by atoms with Crippen LogP contribution in [0.1, 0.15) is 76.2 Å². The maximum absolute atomic E-state index is 12.2. The minimum Gasteiger partial charge on any atom is -0.480 e. The number of rotatable bonds is 10. The molecule has 232 valence electrons. The van der Waals surface area contributed by atoms with Gasteiger partial charge in [0, 0.05) is 38.8 Å². The van der Waals surface area contributed by atoms with Crippen molar-refractivity contribution in [1.82, 2.24) is 5.32 Å². The number of nitrogens with one attached hydrogen (secondary N) is 1. The van der Waals surface area contributed by atoms with Crippen LogP contribution in [0.5, 0.6) is 0 Å². The van der Waals surface area contributed by atoms with Gasteiger partial charge in [-0.25, -0.2) is 9.59 Å². The van der Waals surface area contributed by atoms with Crippen molar-refractivity contribution < 1.29 is 47.9 Å². The van der Waals surface area contributed by atoms with Crippen LogP contribution in [0.4, 0.5) is 4.79 Å². The molecule has 11 heteroatoms.